The van der Waals surface area contributed by atoms with Gasteiger partial charge in [-0.25, -0.2) is 4.90 Å². The van der Waals surface area contributed by atoms with Crippen LogP contribution in [-0.4, -0.2) is 33.6 Å². The van der Waals surface area contributed by atoms with Crippen LogP contribution in [0.3, 0.4) is 0 Å². The van der Waals surface area contributed by atoms with Crippen LogP contribution >= 0.6 is 11.6 Å². The van der Waals surface area contributed by atoms with Crippen molar-refractivity contribution in [2.24, 2.45) is 0 Å². The van der Waals surface area contributed by atoms with Crippen molar-refractivity contribution in [2.45, 2.75) is 25.3 Å². The standard InChI is InChI=1S/C5H10ClNO2/c6-3-7-4(8)1-2-5(7)9/h4-5,8-9H,1-3H2. The summed E-state index contributed by atoms with van der Waals surface area (Å²) in [4.78, 5) is 1.45. The van der Waals surface area contributed by atoms with Gasteiger partial charge < -0.3 is 10.2 Å². The molecule has 0 aromatic rings. The molecule has 0 amide bonds. The van der Waals surface area contributed by atoms with Gasteiger partial charge >= 0.3 is 0 Å². The van der Waals surface area contributed by atoms with Crippen molar-refractivity contribution in [1.29, 1.82) is 0 Å². The van der Waals surface area contributed by atoms with E-state index >= 15 is 0 Å². The zero-order valence-electron chi connectivity index (χ0n) is 5.00. The number of likely N-dealkylation sites (tertiary alicyclic amines) is 1. The highest BCUT2D eigenvalue weighted by atomic mass is 35.5. The molecular weight excluding hydrogens is 142 g/mol. The van der Waals surface area contributed by atoms with E-state index in [2.05, 4.69) is 0 Å². The van der Waals surface area contributed by atoms with Gasteiger partial charge in [0.05, 0.1) is 6.00 Å². The number of aliphatic hydroxyl groups is 2. The molecular formula is C5H10ClNO2. The van der Waals surface area contributed by atoms with Gasteiger partial charge in [-0.2, -0.15) is 0 Å². The summed E-state index contributed by atoms with van der Waals surface area (Å²) in [5.41, 5.74) is 0. The molecule has 0 radical (unpaired) electrons. The SMILES string of the molecule is OC1CCC(O)N1CCl. The summed E-state index contributed by atoms with van der Waals surface area (Å²) in [6.07, 6.45) is 0.150. The molecule has 1 rings (SSSR count). The van der Waals surface area contributed by atoms with Crippen LogP contribution in [0.5, 0.6) is 0 Å². The van der Waals surface area contributed by atoms with Crippen LogP contribution in [0.4, 0.5) is 0 Å². The number of rotatable bonds is 1. The van der Waals surface area contributed by atoms with E-state index in [0.29, 0.717) is 12.8 Å². The van der Waals surface area contributed by atoms with Crippen molar-refractivity contribution in [3.05, 3.63) is 0 Å². The van der Waals surface area contributed by atoms with Gasteiger partial charge in [0, 0.05) is 0 Å². The average Bonchev–Trinajstić information content (AvgIpc) is 2.12. The van der Waals surface area contributed by atoms with E-state index in [4.69, 9.17) is 21.8 Å². The molecule has 0 bridgehead atoms. The Kier molecular flexibility index (Phi) is 2.29. The van der Waals surface area contributed by atoms with E-state index in [1.807, 2.05) is 0 Å². The Balaban J connectivity index is 2.44. The number of hydrogen-bond donors (Lipinski definition) is 2. The first kappa shape index (κ1) is 7.28. The number of alkyl halides is 1. The van der Waals surface area contributed by atoms with Gasteiger partial charge in [-0.1, -0.05) is 0 Å². The monoisotopic (exact) mass is 151 g/mol. The molecule has 0 spiro atoms. The maximum absolute atomic E-state index is 9.04. The lowest BCUT2D eigenvalue weighted by atomic mass is 10.3. The molecule has 1 aliphatic heterocycles. The van der Waals surface area contributed by atoms with Crippen LogP contribution in [0.25, 0.3) is 0 Å². The molecule has 1 fully saturated rings. The second kappa shape index (κ2) is 2.84. The predicted octanol–water partition coefficient (Wildman–Crippen LogP) is -0.0847. The first-order chi connectivity index (χ1) is 4.25. The number of hydrogen-bond acceptors (Lipinski definition) is 3. The molecule has 3 nitrogen and oxygen atoms in total. The molecule has 0 aliphatic carbocycles. The Morgan fingerprint density at radius 3 is 2.00 bits per heavy atom. The van der Waals surface area contributed by atoms with Crippen molar-refractivity contribution in [3.8, 4) is 0 Å². The minimum Gasteiger partial charge on any atom is -0.378 e. The molecule has 2 unspecified atom stereocenters. The molecule has 2 atom stereocenters. The Labute approximate surface area is 58.8 Å². The maximum Gasteiger partial charge on any atom is 0.110 e. The van der Waals surface area contributed by atoms with Crippen LogP contribution in [-0.2, 0) is 0 Å². The minimum atomic E-state index is -0.544. The summed E-state index contributed by atoms with van der Waals surface area (Å²) in [7, 11) is 0. The molecule has 0 saturated carbocycles. The van der Waals surface area contributed by atoms with Crippen molar-refractivity contribution < 1.29 is 10.2 Å². The lowest BCUT2D eigenvalue weighted by molar-refractivity contribution is -0.0400. The molecule has 4 heteroatoms. The van der Waals surface area contributed by atoms with E-state index in [9.17, 15) is 0 Å². The second-order valence-corrected chi connectivity index (χ2v) is 2.41. The summed E-state index contributed by atoms with van der Waals surface area (Å²) in [6.45, 7) is 0. The van der Waals surface area contributed by atoms with Crippen LogP contribution in [0.2, 0.25) is 0 Å². The van der Waals surface area contributed by atoms with E-state index in [1.165, 1.54) is 4.90 Å². The third-order valence-corrected chi connectivity index (χ3v) is 1.86. The molecule has 9 heavy (non-hydrogen) atoms. The number of halogens is 1. The fraction of sp³-hybridized carbons (Fsp3) is 1.00. The minimum absolute atomic E-state index is 0.197. The second-order valence-electron chi connectivity index (χ2n) is 2.17. The average molecular weight is 152 g/mol. The summed E-state index contributed by atoms with van der Waals surface area (Å²) in [5, 5.41) is 18.1. The summed E-state index contributed by atoms with van der Waals surface area (Å²) in [6, 6.07) is 0.197. The normalized spacial score (nSPS) is 37.7. The van der Waals surface area contributed by atoms with Crippen molar-refractivity contribution in [1.82, 2.24) is 4.90 Å². The van der Waals surface area contributed by atoms with Gasteiger partial charge in [-0.05, 0) is 12.8 Å². The first-order valence-corrected chi connectivity index (χ1v) is 3.47. The van der Waals surface area contributed by atoms with E-state index < -0.39 is 12.5 Å². The van der Waals surface area contributed by atoms with Crippen LogP contribution in [0.1, 0.15) is 12.8 Å². The van der Waals surface area contributed by atoms with Crippen molar-refractivity contribution >= 4 is 11.6 Å². The maximum atomic E-state index is 9.04. The largest absolute Gasteiger partial charge is 0.378 e. The lowest BCUT2D eigenvalue weighted by Gasteiger charge is -2.19. The highest BCUT2D eigenvalue weighted by Crippen LogP contribution is 2.19. The fourth-order valence-corrected chi connectivity index (χ4v) is 1.31. The Hall–Kier alpha value is 0.170. The predicted molar refractivity (Wildman–Crippen MR) is 33.8 cm³/mol. The quantitative estimate of drug-likeness (QED) is 0.407. The molecule has 54 valence electrons. The van der Waals surface area contributed by atoms with Gasteiger partial charge in [0.25, 0.3) is 0 Å². The lowest BCUT2D eigenvalue weighted by Crippen LogP contribution is -2.34. The van der Waals surface area contributed by atoms with Gasteiger partial charge in [0.15, 0.2) is 0 Å². The number of nitrogens with zero attached hydrogens (tertiary/aromatic N) is 1. The van der Waals surface area contributed by atoms with E-state index in [0.717, 1.165) is 0 Å². The summed E-state index contributed by atoms with van der Waals surface area (Å²) in [5.74, 6) is 0. The fourth-order valence-electron chi connectivity index (χ4n) is 0.988. The highest BCUT2D eigenvalue weighted by Gasteiger charge is 2.29. The molecule has 0 aromatic heterocycles. The van der Waals surface area contributed by atoms with Gasteiger partial charge in [-0.15, -0.1) is 11.6 Å². The third-order valence-electron chi connectivity index (χ3n) is 1.59. The van der Waals surface area contributed by atoms with Gasteiger partial charge in [-0.3, -0.25) is 0 Å². The number of aliphatic hydroxyl groups excluding tert-OH is 2. The molecule has 2 N–H and O–H groups in total. The van der Waals surface area contributed by atoms with Crippen LogP contribution < -0.4 is 0 Å². The first-order valence-electron chi connectivity index (χ1n) is 2.93. The smallest absolute Gasteiger partial charge is 0.110 e. The van der Waals surface area contributed by atoms with Crippen molar-refractivity contribution in [2.75, 3.05) is 6.00 Å². The molecule has 1 heterocycles. The highest BCUT2D eigenvalue weighted by molar-refractivity contribution is 6.17. The van der Waals surface area contributed by atoms with Gasteiger partial charge in [0.2, 0.25) is 0 Å². The molecule has 1 saturated heterocycles. The summed E-state index contributed by atoms with van der Waals surface area (Å²) < 4.78 is 0. The Bertz CT molecular complexity index is 91.0. The summed E-state index contributed by atoms with van der Waals surface area (Å²) >= 11 is 5.40. The molecule has 0 aromatic carbocycles. The molecule has 1 aliphatic rings. The van der Waals surface area contributed by atoms with E-state index in [1.54, 1.807) is 0 Å². The topological polar surface area (TPSA) is 43.7 Å². The van der Waals surface area contributed by atoms with E-state index in [-0.39, 0.29) is 6.00 Å². The van der Waals surface area contributed by atoms with Crippen molar-refractivity contribution in [3.63, 3.8) is 0 Å². The zero-order valence-corrected chi connectivity index (χ0v) is 5.75. The Morgan fingerprint density at radius 2 is 1.78 bits per heavy atom. The van der Waals surface area contributed by atoms with Gasteiger partial charge in [0.1, 0.15) is 12.5 Å². The van der Waals surface area contributed by atoms with Crippen LogP contribution in [0.15, 0.2) is 0 Å². The van der Waals surface area contributed by atoms with Crippen LogP contribution in [0, 0.1) is 0 Å². The third kappa shape index (κ3) is 1.35. The zero-order chi connectivity index (χ0) is 6.85. The Morgan fingerprint density at radius 1 is 1.33 bits per heavy atom.